The molecule has 1 fully saturated rings. The molecule has 2 aromatic rings. The van der Waals surface area contributed by atoms with Crippen LogP contribution in [0.25, 0.3) is 10.2 Å². The van der Waals surface area contributed by atoms with E-state index >= 15 is 0 Å². The van der Waals surface area contributed by atoms with Crippen LogP contribution < -0.4 is 10.0 Å². The number of nitrogens with zero attached hydrogens (tertiary/aromatic N) is 1. The molecule has 0 spiro atoms. The van der Waals surface area contributed by atoms with Gasteiger partial charge in [-0.3, -0.25) is 4.79 Å². The van der Waals surface area contributed by atoms with Gasteiger partial charge < -0.3 is 5.32 Å². The number of nitrogens with one attached hydrogen (secondary N) is 2. The maximum absolute atomic E-state index is 12.9. The van der Waals surface area contributed by atoms with Gasteiger partial charge in [0.1, 0.15) is 6.04 Å². The summed E-state index contributed by atoms with van der Waals surface area (Å²) in [6, 6.07) is 4.22. The van der Waals surface area contributed by atoms with E-state index < -0.39 is 16.1 Å². The lowest BCUT2D eigenvalue weighted by molar-refractivity contribution is -0.124. The molecule has 6 nitrogen and oxygen atoms in total. The Kier molecular flexibility index (Phi) is 6.73. The van der Waals surface area contributed by atoms with Gasteiger partial charge in [0.15, 0.2) is 0 Å². The predicted octanol–water partition coefficient (Wildman–Crippen LogP) is 3.75. The van der Waals surface area contributed by atoms with E-state index in [2.05, 4.69) is 15.0 Å². The van der Waals surface area contributed by atoms with Gasteiger partial charge in [0.05, 0.1) is 20.1 Å². The van der Waals surface area contributed by atoms with Gasteiger partial charge in [-0.2, -0.15) is 4.72 Å². The summed E-state index contributed by atoms with van der Waals surface area (Å²) < 4.78 is 29.3. The van der Waals surface area contributed by atoms with E-state index in [9.17, 15) is 13.2 Å². The molecule has 0 radical (unpaired) electrons. The van der Waals surface area contributed by atoms with Gasteiger partial charge in [-0.15, -0.1) is 11.3 Å². The summed E-state index contributed by atoms with van der Waals surface area (Å²) in [5, 5.41) is 3.96. The summed E-state index contributed by atoms with van der Waals surface area (Å²) in [5.74, 6) is -0.393. The van der Waals surface area contributed by atoms with Gasteiger partial charge >= 0.3 is 0 Å². The van der Waals surface area contributed by atoms with E-state index in [4.69, 9.17) is 0 Å². The summed E-state index contributed by atoms with van der Waals surface area (Å²) >= 11 is 1.46. The van der Waals surface area contributed by atoms with Crippen molar-refractivity contribution in [2.45, 2.75) is 76.3 Å². The number of hydrogen-bond donors (Lipinski definition) is 2. The lowest BCUT2D eigenvalue weighted by Crippen LogP contribution is -2.51. The summed E-state index contributed by atoms with van der Waals surface area (Å²) in [7, 11) is -3.81. The zero-order chi connectivity index (χ0) is 20.3. The van der Waals surface area contributed by atoms with Gasteiger partial charge in [-0.05, 0) is 43.9 Å². The first-order valence-corrected chi connectivity index (χ1v) is 12.3. The standard InChI is InChI=1S/C20H29N3O3S2/c1-13(2)19(20(24)22-15-8-6-4-5-7-9-15)23-28(25,26)16-10-11-17-18(12-16)27-14(3)21-17/h10-13,15,19,23H,4-9H2,1-3H3,(H,22,24)/t19-/m1/s1. The van der Waals surface area contributed by atoms with Crippen molar-refractivity contribution in [2.24, 2.45) is 5.92 Å². The van der Waals surface area contributed by atoms with Crippen LogP contribution in [0.15, 0.2) is 23.1 Å². The van der Waals surface area contributed by atoms with E-state index in [0.717, 1.165) is 40.9 Å². The number of sulfonamides is 1. The number of amides is 1. The molecule has 28 heavy (non-hydrogen) atoms. The van der Waals surface area contributed by atoms with E-state index in [-0.39, 0.29) is 22.8 Å². The van der Waals surface area contributed by atoms with E-state index in [1.807, 2.05) is 20.8 Å². The van der Waals surface area contributed by atoms with Crippen LogP contribution in [0.2, 0.25) is 0 Å². The zero-order valence-corrected chi connectivity index (χ0v) is 18.3. The molecular formula is C20H29N3O3S2. The predicted molar refractivity (Wildman–Crippen MR) is 113 cm³/mol. The highest BCUT2D eigenvalue weighted by atomic mass is 32.2. The fourth-order valence-electron chi connectivity index (χ4n) is 3.63. The summed E-state index contributed by atoms with van der Waals surface area (Å²) in [5.41, 5.74) is 0.785. The fourth-order valence-corrected chi connectivity index (χ4v) is 5.94. The Hall–Kier alpha value is -1.51. The normalized spacial score (nSPS) is 17.6. The molecule has 1 heterocycles. The number of benzene rings is 1. The van der Waals surface area contributed by atoms with Crippen molar-refractivity contribution in [3.63, 3.8) is 0 Å². The lowest BCUT2D eigenvalue weighted by atomic mass is 10.0. The second-order valence-corrected chi connectivity index (χ2v) is 10.9. The number of thiazole rings is 1. The zero-order valence-electron chi connectivity index (χ0n) is 16.7. The largest absolute Gasteiger partial charge is 0.352 e. The summed E-state index contributed by atoms with van der Waals surface area (Å²) in [6.07, 6.45) is 6.54. The monoisotopic (exact) mass is 423 g/mol. The van der Waals surface area contributed by atoms with Gasteiger partial charge in [-0.25, -0.2) is 13.4 Å². The quantitative estimate of drug-likeness (QED) is 0.693. The van der Waals surface area contributed by atoms with Crippen molar-refractivity contribution >= 4 is 37.5 Å². The Balaban J connectivity index is 1.76. The first kappa shape index (κ1) is 21.2. The fraction of sp³-hybridized carbons (Fsp3) is 0.600. The van der Waals surface area contributed by atoms with Gasteiger partial charge in [0, 0.05) is 6.04 Å². The first-order valence-electron chi connectivity index (χ1n) is 9.96. The van der Waals surface area contributed by atoms with Crippen molar-refractivity contribution in [1.82, 2.24) is 15.0 Å². The number of fused-ring (bicyclic) bond motifs is 1. The molecule has 1 aromatic carbocycles. The SMILES string of the molecule is Cc1nc2ccc(S(=O)(=O)N[C@@H](C(=O)NC3CCCCCC3)C(C)C)cc2s1. The molecule has 2 N–H and O–H groups in total. The van der Waals surface area contributed by atoms with Gasteiger partial charge in [-0.1, -0.05) is 39.5 Å². The minimum atomic E-state index is -3.81. The highest BCUT2D eigenvalue weighted by Gasteiger charge is 2.30. The minimum absolute atomic E-state index is 0.136. The van der Waals surface area contributed by atoms with Crippen molar-refractivity contribution in [3.8, 4) is 0 Å². The molecular weight excluding hydrogens is 394 g/mol. The van der Waals surface area contributed by atoms with Crippen LogP contribution in [0.5, 0.6) is 0 Å². The third-order valence-electron chi connectivity index (χ3n) is 5.21. The van der Waals surface area contributed by atoms with E-state index in [1.165, 1.54) is 24.2 Å². The second-order valence-electron chi connectivity index (χ2n) is 7.90. The molecule has 0 aliphatic heterocycles. The third-order valence-corrected chi connectivity index (χ3v) is 7.58. The maximum Gasteiger partial charge on any atom is 0.241 e. The molecule has 1 aliphatic rings. The van der Waals surface area contributed by atoms with Crippen LogP contribution >= 0.6 is 11.3 Å². The molecule has 154 valence electrons. The lowest BCUT2D eigenvalue weighted by Gasteiger charge is -2.25. The highest BCUT2D eigenvalue weighted by molar-refractivity contribution is 7.89. The number of carbonyl (C=O) groups excluding carboxylic acids is 1. The van der Waals surface area contributed by atoms with Gasteiger partial charge in [0.2, 0.25) is 15.9 Å². The van der Waals surface area contributed by atoms with Crippen LogP contribution in [-0.2, 0) is 14.8 Å². The molecule has 3 rings (SSSR count). The van der Waals surface area contributed by atoms with Gasteiger partial charge in [0.25, 0.3) is 0 Å². The van der Waals surface area contributed by atoms with E-state index in [1.54, 1.807) is 18.2 Å². The molecule has 1 atom stereocenters. The molecule has 1 amide bonds. The number of carbonyl (C=O) groups is 1. The Bertz CT molecular complexity index is 929. The number of aryl methyl sites for hydroxylation is 1. The smallest absolute Gasteiger partial charge is 0.241 e. The van der Waals surface area contributed by atoms with Crippen LogP contribution in [0, 0.1) is 12.8 Å². The van der Waals surface area contributed by atoms with Crippen LogP contribution in [-0.4, -0.2) is 31.4 Å². The molecule has 0 bridgehead atoms. The highest BCUT2D eigenvalue weighted by Crippen LogP contribution is 2.25. The van der Waals surface area contributed by atoms with Crippen LogP contribution in [0.1, 0.15) is 57.4 Å². The average Bonchev–Trinajstić information content (AvgIpc) is 2.82. The Morgan fingerprint density at radius 3 is 2.50 bits per heavy atom. The summed E-state index contributed by atoms with van der Waals surface area (Å²) in [4.78, 5) is 17.4. The maximum atomic E-state index is 12.9. The molecule has 1 saturated carbocycles. The van der Waals surface area contributed by atoms with Crippen molar-refractivity contribution in [1.29, 1.82) is 0 Å². The van der Waals surface area contributed by atoms with Crippen molar-refractivity contribution in [3.05, 3.63) is 23.2 Å². The van der Waals surface area contributed by atoms with Crippen molar-refractivity contribution < 1.29 is 13.2 Å². The topological polar surface area (TPSA) is 88.2 Å². The minimum Gasteiger partial charge on any atom is -0.352 e. The Morgan fingerprint density at radius 1 is 1.18 bits per heavy atom. The molecule has 8 heteroatoms. The molecule has 1 aromatic heterocycles. The molecule has 0 saturated heterocycles. The van der Waals surface area contributed by atoms with Crippen LogP contribution in [0.3, 0.4) is 0 Å². The molecule has 1 aliphatic carbocycles. The summed E-state index contributed by atoms with van der Waals surface area (Å²) in [6.45, 7) is 5.61. The molecule has 0 unspecified atom stereocenters. The number of hydrogen-bond acceptors (Lipinski definition) is 5. The van der Waals surface area contributed by atoms with Crippen molar-refractivity contribution in [2.75, 3.05) is 0 Å². The Morgan fingerprint density at radius 2 is 1.86 bits per heavy atom. The number of aromatic nitrogens is 1. The first-order chi connectivity index (χ1) is 13.3. The second kappa shape index (κ2) is 8.88. The average molecular weight is 424 g/mol. The Labute approximate surface area is 171 Å². The third kappa shape index (κ3) is 5.10. The number of rotatable bonds is 6. The van der Waals surface area contributed by atoms with E-state index in [0.29, 0.717) is 0 Å². The van der Waals surface area contributed by atoms with Crippen LogP contribution in [0.4, 0.5) is 0 Å².